The molecule has 0 fully saturated rings. The third-order valence-electron chi connectivity index (χ3n) is 3.01. The first-order chi connectivity index (χ1) is 9.60. The Kier molecular flexibility index (Phi) is 4.01. The van der Waals surface area contributed by atoms with Crippen LogP contribution in [0, 0.1) is 17.2 Å². The highest BCUT2D eigenvalue weighted by molar-refractivity contribution is 5.91. The van der Waals surface area contributed by atoms with E-state index in [9.17, 15) is 9.59 Å². The SMILES string of the molecule is N#Cc1ccccc1NC(=O)NC1C=CC(C(=O)O)C1. The van der Waals surface area contributed by atoms with Gasteiger partial charge in [-0.15, -0.1) is 0 Å². The van der Waals surface area contributed by atoms with Crippen LogP contribution in [0.5, 0.6) is 0 Å². The number of hydrogen-bond acceptors (Lipinski definition) is 3. The molecule has 6 heteroatoms. The van der Waals surface area contributed by atoms with Gasteiger partial charge in [0.15, 0.2) is 0 Å². The lowest BCUT2D eigenvalue weighted by atomic mass is 10.1. The number of anilines is 1. The van der Waals surface area contributed by atoms with Crippen molar-refractivity contribution in [2.75, 3.05) is 5.32 Å². The summed E-state index contributed by atoms with van der Waals surface area (Å²) < 4.78 is 0. The van der Waals surface area contributed by atoms with Crippen LogP contribution < -0.4 is 10.6 Å². The van der Waals surface area contributed by atoms with Crippen molar-refractivity contribution in [3.8, 4) is 6.07 Å². The molecule has 1 aliphatic rings. The van der Waals surface area contributed by atoms with E-state index in [4.69, 9.17) is 10.4 Å². The molecule has 0 bridgehead atoms. The Bertz CT molecular complexity index is 604. The minimum absolute atomic E-state index is 0.314. The van der Waals surface area contributed by atoms with Crippen molar-refractivity contribution in [2.45, 2.75) is 12.5 Å². The van der Waals surface area contributed by atoms with Crippen LogP contribution in [0.15, 0.2) is 36.4 Å². The number of benzene rings is 1. The maximum atomic E-state index is 11.8. The molecular formula is C14H13N3O3. The van der Waals surface area contributed by atoms with Crippen LogP contribution in [0.1, 0.15) is 12.0 Å². The molecule has 0 spiro atoms. The lowest BCUT2D eigenvalue weighted by Crippen LogP contribution is -2.36. The number of aliphatic carboxylic acids is 1. The molecule has 1 aromatic carbocycles. The average Bonchev–Trinajstić information content (AvgIpc) is 2.88. The second-order valence-electron chi connectivity index (χ2n) is 4.43. The summed E-state index contributed by atoms with van der Waals surface area (Å²) in [5, 5.41) is 23.0. The van der Waals surface area contributed by atoms with Gasteiger partial charge in [0.1, 0.15) is 6.07 Å². The van der Waals surface area contributed by atoms with Crippen LogP contribution in [0.4, 0.5) is 10.5 Å². The summed E-state index contributed by atoms with van der Waals surface area (Å²) in [5.41, 5.74) is 0.789. The van der Waals surface area contributed by atoms with Crippen LogP contribution in [0.25, 0.3) is 0 Å². The second-order valence-corrected chi connectivity index (χ2v) is 4.43. The molecule has 20 heavy (non-hydrogen) atoms. The van der Waals surface area contributed by atoms with Gasteiger partial charge in [-0.05, 0) is 18.6 Å². The van der Waals surface area contributed by atoms with E-state index >= 15 is 0 Å². The van der Waals surface area contributed by atoms with E-state index in [2.05, 4.69) is 10.6 Å². The van der Waals surface area contributed by atoms with Gasteiger partial charge in [0.25, 0.3) is 0 Å². The first-order valence-electron chi connectivity index (χ1n) is 6.08. The van der Waals surface area contributed by atoms with Crippen molar-refractivity contribution >= 4 is 17.7 Å². The number of carbonyl (C=O) groups is 2. The van der Waals surface area contributed by atoms with Crippen LogP contribution in [0.2, 0.25) is 0 Å². The van der Waals surface area contributed by atoms with Gasteiger partial charge in [-0.25, -0.2) is 4.79 Å². The van der Waals surface area contributed by atoms with Gasteiger partial charge in [0.2, 0.25) is 0 Å². The smallest absolute Gasteiger partial charge is 0.319 e. The highest BCUT2D eigenvalue weighted by Gasteiger charge is 2.25. The van der Waals surface area contributed by atoms with Crippen LogP contribution in [-0.4, -0.2) is 23.1 Å². The number of amides is 2. The molecule has 0 aromatic heterocycles. The molecule has 0 heterocycles. The van der Waals surface area contributed by atoms with E-state index in [0.29, 0.717) is 17.7 Å². The molecule has 102 valence electrons. The Morgan fingerprint density at radius 3 is 2.70 bits per heavy atom. The molecule has 0 radical (unpaired) electrons. The maximum Gasteiger partial charge on any atom is 0.319 e. The Morgan fingerprint density at radius 2 is 2.05 bits per heavy atom. The number of hydrogen-bond donors (Lipinski definition) is 3. The molecule has 2 amide bonds. The van der Waals surface area contributed by atoms with Crippen LogP contribution in [0.3, 0.4) is 0 Å². The molecule has 6 nitrogen and oxygen atoms in total. The lowest BCUT2D eigenvalue weighted by Gasteiger charge is -2.13. The fourth-order valence-electron chi connectivity index (χ4n) is 2.01. The first kappa shape index (κ1) is 13.6. The van der Waals surface area contributed by atoms with Gasteiger partial charge < -0.3 is 15.7 Å². The number of carboxylic acids is 1. The van der Waals surface area contributed by atoms with Crippen LogP contribution >= 0.6 is 0 Å². The standard InChI is InChI=1S/C14H13N3O3/c15-8-10-3-1-2-4-12(10)17-14(20)16-11-6-5-9(7-11)13(18)19/h1-6,9,11H,7H2,(H,18,19)(H2,16,17,20). The minimum atomic E-state index is -0.902. The second kappa shape index (κ2) is 5.89. The van der Waals surface area contributed by atoms with E-state index in [-0.39, 0.29) is 6.04 Å². The number of rotatable bonds is 3. The van der Waals surface area contributed by atoms with Gasteiger partial charge in [-0.3, -0.25) is 4.79 Å². The fraction of sp³-hybridized carbons (Fsp3) is 0.214. The third kappa shape index (κ3) is 3.14. The van der Waals surface area contributed by atoms with Crippen LogP contribution in [-0.2, 0) is 4.79 Å². The summed E-state index contributed by atoms with van der Waals surface area (Å²) in [6, 6.07) is 7.86. The molecule has 0 saturated heterocycles. The van der Waals surface area contributed by atoms with Gasteiger partial charge in [-0.2, -0.15) is 5.26 Å². The summed E-state index contributed by atoms with van der Waals surface area (Å²) in [6.45, 7) is 0. The minimum Gasteiger partial charge on any atom is -0.481 e. The number of urea groups is 1. The number of carboxylic acid groups (broad SMARTS) is 1. The zero-order valence-corrected chi connectivity index (χ0v) is 10.5. The predicted octanol–water partition coefficient (Wildman–Crippen LogP) is 1.71. The number of nitrogens with one attached hydrogen (secondary N) is 2. The zero-order chi connectivity index (χ0) is 14.5. The monoisotopic (exact) mass is 271 g/mol. The van der Waals surface area contributed by atoms with Gasteiger partial charge in [-0.1, -0.05) is 24.3 Å². The first-order valence-corrected chi connectivity index (χ1v) is 6.08. The molecule has 0 saturated carbocycles. The Morgan fingerprint density at radius 1 is 1.30 bits per heavy atom. The zero-order valence-electron chi connectivity index (χ0n) is 10.5. The van der Waals surface area contributed by atoms with Crippen molar-refractivity contribution in [1.29, 1.82) is 5.26 Å². The quantitative estimate of drug-likeness (QED) is 0.728. The fourth-order valence-corrected chi connectivity index (χ4v) is 2.01. The Balaban J connectivity index is 1.93. The van der Waals surface area contributed by atoms with E-state index < -0.39 is 17.9 Å². The highest BCUT2D eigenvalue weighted by atomic mass is 16.4. The maximum absolute atomic E-state index is 11.8. The summed E-state index contributed by atoms with van der Waals surface area (Å²) in [6.07, 6.45) is 3.56. The van der Waals surface area contributed by atoms with Crippen molar-refractivity contribution in [2.24, 2.45) is 5.92 Å². The van der Waals surface area contributed by atoms with Crippen molar-refractivity contribution in [3.05, 3.63) is 42.0 Å². The van der Waals surface area contributed by atoms with E-state index in [1.165, 1.54) is 0 Å². The highest BCUT2D eigenvalue weighted by Crippen LogP contribution is 2.18. The summed E-state index contributed by atoms with van der Waals surface area (Å²) in [4.78, 5) is 22.6. The molecule has 0 aliphatic heterocycles. The van der Waals surface area contributed by atoms with Gasteiger partial charge in [0, 0.05) is 0 Å². The molecule has 3 N–H and O–H groups in total. The number of nitrogens with zero attached hydrogens (tertiary/aromatic N) is 1. The Labute approximate surface area is 115 Å². The van der Waals surface area contributed by atoms with Crippen molar-refractivity contribution in [3.63, 3.8) is 0 Å². The van der Waals surface area contributed by atoms with Gasteiger partial charge in [0.05, 0.1) is 23.2 Å². The molecule has 2 rings (SSSR count). The Hall–Kier alpha value is -2.81. The summed E-state index contributed by atoms with van der Waals surface area (Å²) >= 11 is 0. The van der Waals surface area contributed by atoms with Gasteiger partial charge >= 0.3 is 12.0 Å². The van der Waals surface area contributed by atoms with E-state index in [0.717, 1.165) is 0 Å². The summed E-state index contributed by atoms with van der Waals surface area (Å²) in [7, 11) is 0. The summed E-state index contributed by atoms with van der Waals surface area (Å²) in [5.74, 6) is -1.47. The molecule has 1 aliphatic carbocycles. The molecular weight excluding hydrogens is 258 g/mol. The molecule has 2 unspecified atom stereocenters. The van der Waals surface area contributed by atoms with Crippen molar-refractivity contribution in [1.82, 2.24) is 5.32 Å². The molecule has 1 aromatic rings. The lowest BCUT2D eigenvalue weighted by molar-refractivity contribution is -0.140. The van der Waals surface area contributed by atoms with E-state index in [1.54, 1.807) is 36.4 Å². The number of nitriles is 1. The average molecular weight is 271 g/mol. The third-order valence-corrected chi connectivity index (χ3v) is 3.01. The molecule has 2 atom stereocenters. The van der Waals surface area contributed by atoms with E-state index in [1.807, 2.05) is 6.07 Å². The largest absolute Gasteiger partial charge is 0.481 e. The topological polar surface area (TPSA) is 102 Å². The number of carbonyl (C=O) groups excluding carboxylic acids is 1. The normalized spacial score (nSPS) is 20.1. The predicted molar refractivity (Wildman–Crippen MR) is 72.0 cm³/mol. The van der Waals surface area contributed by atoms with Crippen molar-refractivity contribution < 1.29 is 14.7 Å². The number of para-hydroxylation sites is 1.